The molecule has 0 spiro atoms. The Morgan fingerprint density at radius 3 is 2.71 bits per heavy atom. The quantitative estimate of drug-likeness (QED) is 0.672. The lowest BCUT2D eigenvalue weighted by atomic mass is 10.0. The van der Waals surface area contributed by atoms with Crippen LogP contribution in [0.25, 0.3) is 0 Å². The maximum absolute atomic E-state index is 11.8. The summed E-state index contributed by atoms with van der Waals surface area (Å²) in [4.78, 5) is 11.8. The normalized spacial score (nSPS) is 10.3. The van der Waals surface area contributed by atoms with E-state index in [1.807, 2.05) is 25.1 Å². The minimum atomic E-state index is 0.308. The zero-order valence-corrected chi connectivity index (χ0v) is 11.1. The lowest BCUT2D eigenvalue weighted by molar-refractivity contribution is -0.118. The Bertz CT molecular complexity index is 369. The average Bonchev–Trinajstić information content (AvgIpc) is 2.29. The van der Waals surface area contributed by atoms with Crippen molar-refractivity contribution in [3.8, 4) is 5.75 Å². The van der Waals surface area contributed by atoms with Gasteiger partial charge in [-0.1, -0.05) is 37.5 Å². The van der Waals surface area contributed by atoms with E-state index in [4.69, 9.17) is 4.74 Å². The first-order valence-electron chi connectivity index (χ1n) is 6.32. The van der Waals surface area contributed by atoms with Gasteiger partial charge in [0.2, 0.25) is 0 Å². The molecule has 0 bridgehead atoms. The fourth-order valence-corrected chi connectivity index (χ4v) is 1.92. The van der Waals surface area contributed by atoms with Crippen molar-refractivity contribution >= 4 is 5.78 Å². The molecule has 17 heavy (non-hydrogen) atoms. The molecule has 0 heterocycles. The van der Waals surface area contributed by atoms with Crippen LogP contribution in [-0.4, -0.2) is 12.9 Å². The molecule has 0 atom stereocenters. The highest BCUT2D eigenvalue weighted by Crippen LogP contribution is 2.21. The van der Waals surface area contributed by atoms with Crippen molar-refractivity contribution < 1.29 is 9.53 Å². The van der Waals surface area contributed by atoms with E-state index in [9.17, 15) is 4.79 Å². The van der Waals surface area contributed by atoms with Gasteiger partial charge in [-0.15, -0.1) is 0 Å². The summed E-state index contributed by atoms with van der Waals surface area (Å²) < 4.78 is 5.27. The summed E-state index contributed by atoms with van der Waals surface area (Å²) in [6.07, 6.45) is 4.47. The molecular formula is C15H22O2. The second-order valence-electron chi connectivity index (χ2n) is 4.49. The number of unbranched alkanes of at least 4 members (excludes halogenated alkanes) is 2. The summed E-state index contributed by atoms with van der Waals surface area (Å²) in [6.45, 7) is 4.18. The summed E-state index contributed by atoms with van der Waals surface area (Å²) in [7, 11) is 1.65. The SMILES string of the molecule is CCCCCC(=O)Cc1cc(C)ccc1OC. The number of hydrogen-bond acceptors (Lipinski definition) is 2. The van der Waals surface area contributed by atoms with Gasteiger partial charge in [0.15, 0.2) is 0 Å². The van der Waals surface area contributed by atoms with E-state index in [0.29, 0.717) is 18.6 Å². The third kappa shape index (κ3) is 4.59. The number of benzene rings is 1. The molecule has 0 aliphatic carbocycles. The van der Waals surface area contributed by atoms with Crippen LogP contribution in [0.15, 0.2) is 18.2 Å². The van der Waals surface area contributed by atoms with Gasteiger partial charge in [0.25, 0.3) is 0 Å². The Morgan fingerprint density at radius 1 is 1.29 bits per heavy atom. The number of Topliss-reactive ketones (excluding diaryl/α,β-unsaturated/α-hetero) is 1. The van der Waals surface area contributed by atoms with Crippen molar-refractivity contribution in [3.05, 3.63) is 29.3 Å². The standard InChI is InChI=1S/C15H22O2/c1-4-5-6-7-14(16)11-13-10-12(2)8-9-15(13)17-3/h8-10H,4-7,11H2,1-3H3. The summed E-state index contributed by atoms with van der Waals surface area (Å²) in [5.41, 5.74) is 2.18. The molecular weight excluding hydrogens is 212 g/mol. The molecule has 0 saturated carbocycles. The van der Waals surface area contributed by atoms with E-state index in [-0.39, 0.29) is 0 Å². The molecule has 1 aromatic rings. The summed E-state index contributed by atoms with van der Waals surface area (Å²) >= 11 is 0. The van der Waals surface area contributed by atoms with Crippen LogP contribution < -0.4 is 4.74 Å². The molecule has 1 aromatic carbocycles. The molecule has 0 aliphatic heterocycles. The van der Waals surface area contributed by atoms with Crippen LogP contribution in [0.3, 0.4) is 0 Å². The van der Waals surface area contributed by atoms with Crippen molar-refractivity contribution in [2.24, 2.45) is 0 Å². The highest BCUT2D eigenvalue weighted by atomic mass is 16.5. The third-order valence-corrected chi connectivity index (χ3v) is 2.88. The molecule has 1 rings (SSSR count). The van der Waals surface area contributed by atoms with Gasteiger partial charge in [-0.05, 0) is 19.4 Å². The van der Waals surface area contributed by atoms with E-state index in [2.05, 4.69) is 6.92 Å². The predicted molar refractivity (Wildman–Crippen MR) is 70.6 cm³/mol. The van der Waals surface area contributed by atoms with Crippen LogP contribution in [0.2, 0.25) is 0 Å². The van der Waals surface area contributed by atoms with Crippen molar-refractivity contribution in [2.45, 2.75) is 46.0 Å². The highest BCUT2D eigenvalue weighted by Gasteiger charge is 2.08. The second-order valence-corrected chi connectivity index (χ2v) is 4.49. The zero-order valence-electron chi connectivity index (χ0n) is 11.1. The number of methoxy groups -OCH3 is 1. The maximum Gasteiger partial charge on any atom is 0.137 e. The molecule has 2 heteroatoms. The molecule has 2 nitrogen and oxygen atoms in total. The number of hydrogen-bond donors (Lipinski definition) is 0. The number of ketones is 1. The first-order chi connectivity index (χ1) is 8.17. The Labute approximate surface area is 104 Å². The monoisotopic (exact) mass is 234 g/mol. The van der Waals surface area contributed by atoms with E-state index < -0.39 is 0 Å². The lowest BCUT2D eigenvalue weighted by Gasteiger charge is -2.08. The molecule has 0 amide bonds. The Kier molecular flexibility index (Phi) is 5.75. The minimum Gasteiger partial charge on any atom is -0.496 e. The van der Waals surface area contributed by atoms with Crippen molar-refractivity contribution in [3.63, 3.8) is 0 Å². The van der Waals surface area contributed by atoms with E-state index >= 15 is 0 Å². The summed E-state index contributed by atoms with van der Waals surface area (Å²) in [5, 5.41) is 0. The second kappa shape index (κ2) is 7.10. The summed E-state index contributed by atoms with van der Waals surface area (Å²) in [6, 6.07) is 5.98. The Morgan fingerprint density at radius 2 is 2.06 bits per heavy atom. The maximum atomic E-state index is 11.8. The molecule has 0 N–H and O–H groups in total. The molecule has 0 aliphatic rings. The first kappa shape index (κ1) is 13.8. The number of carbonyl (C=O) groups is 1. The molecule has 0 radical (unpaired) electrons. The number of ether oxygens (including phenoxy) is 1. The number of rotatable bonds is 7. The minimum absolute atomic E-state index is 0.308. The van der Waals surface area contributed by atoms with Gasteiger partial charge in [0.1, 0.15) is 11.5 Å². The molecule has 0 saturated heterocycles. The van der Waals surface area contributed by atoms with Crippen LogP contribution in [-0.2, 0) is 11.2 Å². The summed E-state index contributed by atoms with van der Waals surface area (Å²) in [5.74, 6) is 1.13. The number of carbonyl (C=O) groups excluding carboxylic acids is 1. The van der Waals surface area contributed by atoms with Crippen LogP contribution in [0.5, 0.6) is 5.75 Å². The van der Waals surface area contributed by atoms with Gasteiger partial charge < -0.3 is 4.74 Å². The largest absolute Gasteiger partial charge is 0.496 e. The van der Waals surface area contributed by atoms with E-state index in [0.717, 1.165) is 30.6 Å². The average molecular weight is 234 g/mol. The third-order valence-electron chi connectivity index (χ3n) is 2.88. The topological polar surface area (TPSA) is 26.3 Å². The van der Waals surface area contributed by atoms with Crippen LogP contribution in [0, 0.1) is 6.92 Å². The fraction of sp³-hybridized carbons (Fsp3) is 0.533. The highest BCUT2D eigenvalue weighted by molar-refractivity contribution is 5.81. The van der Waals surface area contributed by atoms with E-state index in [1.54, 1.807) is 7.11 Å². The fourth-order valence-electron chi connectivity index (χ4n) is 1.92. The Hall–Kier alpha value is -1.31. The van der Waals surface area contributed by atoms with Crippen molar-refractivity contribution in [1.82, 2.24) is 0 Å². The molecule has 0 fully saturated rings. The first-order valence-corrected chi connectivity index (χ1v) is 6.32. The van der Waals surface area contributed by atoms with Crippen LogP contribution in [0.1, 0.15) is 43.7 Å². The molecule has 94 valence electrons. The number of aryl methyl sites for hydroxylation is 1. The van der Waals surface area contributed by atoms with Crippen molar-refractivity contribution in [1.29, 1.82) is 0 Å². The van der Waals surface area contributed by atoms with Gasteiger partial charge in [-0.25, -0.2) is 0 Å². The molecule has 0 unspecified atom stereocenters. The predicted octanol–water partition coefficient (Wildman–Crippen LogP) is 3.70. The van der Waals surface area contributed by atoms with E-state index in [1.165, 1.54) is 5.56 Å². The zero-order chi connectivity index (χ0) is 12.7. The van der Waals surface area contributed by atoms with Gasteiger partial charge >= 0.3 is 0 Å². The van der Waals surface area contributed by atoms with Gasteiger partial charge in [0.05, 0.1) is 7.11 Å². The van der Waals surface area contributed by atoms with Crippen LogP contribution in [0.4, 0.5) is 0 Å². The lowest BCUT2D eigenvalue weighted by Crippen LogP contribution is -2.04. The van der Waals surface area contributed by atoms with Crippen LogP contribution >= 0.6 is 0 Å². The Balaban J connectivity index is 2.60. The van der Waals surface area contributed by atoms with Gasteiger partial charge in [-0.2, -0.15) is 0 Å². The smallest absolute Gasteiger partial charge is 0.137 e. The van der Waals surface area contributed by atoms with Gasteiger partial charge in [0, 0.05) is 18.4 Å². The van der Waals surface area contributed by atoms with Crippen molar-refractivity contribution in [2.75, 3.05) is 7.11 Å². The molecule has 0 aromatic heterocycles. The van der Waals surface area contributed by atoms with Gasteiger partial charge in [-0.3, -0.25) is 4.79 Å².